The first-order chi connectivity index (χ1) is 10.5. The first-order valence-electron chi connectivity index (χ1n) is 6.82. The summed E-state index contributed by atoms with van der Waals surface area (Å²) in [6, 6.07) is 7.79. The van der Waals surface area contributed by atoms with Crippen LogP contribution in [0.25, 0.3) is 17.0 Å². The fourth-order valence-corrected chi connectivity index (χ4v) is 2.67. The minimum Gasteiger partial charge on any atom is -0.328 e. The molecular formula is C14H17N5O2S. The molecule has 0 aliphatic carbocycles. The van der Waals surface area contributed by atoms with Crippen molar-refractivity contribution in [1.29, 1.82) is 0 Å². The summed E-state index contributed by atoms with van der Waals surface area (Å²) in [4.78, 5) is 4.39. The van der Waals surface area contributed by atoms with Crippen LogP contribution in [0.1, 0.15) is 0 Å². The molecule has 3 aromatic heterocycles. The molecule has 0 amide bonds. The zero-order valence-electron chi connectivity index (χ0n) is 12.4. The predicted molar refractivity (Wildman–Crippen MR) is 83.9 cm³/mol. The third-order valence-electron chi connectivity index (χ3n) is 3.59. The van der Waals surface area contributed by atoms with Gasteiger partial charge in [0.05, 0.1) is 18.0 Å². The second-order valence-electron chi connectivity index (χ2n) is 5.11. The van der Waals surface area contributed by atoms with Crippen LogP contribution in [0.5, 0.6) is 0 Å². The molecule has 0 aromatic carbocycles. The van der Waals surface area contributed by atoms with Gasteiger partial charge in [0.25, 0.3) is 0 Å². The van der Waals surface area contributed by atoms with Crippen molar-refractivity contribution in [1.82, 2.24) is 23.5 Å². The number of nitrogens with zero attached hydrogens (tertiary/aromatic N) is 5. The topological polar surface area (TPSA) is 72.5 Å². The lowest BCUT2D eigenvalue weighted by Gasteiger charge is -2.15. The van der Waals surface area contributed by atoms with Crippen molar-refractivity contribution in [3.63, 3.8) is 0 Å². The molecule has 0 aliphatic rings. The number of hydrogen-bond donors (Lipinski definition) is 0. The Kier molecular flexibility index (Phi) is 3.71. The van der Waals surface area contributed by atoms with Gasteiger partial charge in [0, 0.05) is 32.5 Å². The maximum Gasteiger partial charge on any atom is 0.211 e. The van der Waals surface area contributed by atoms with E-state index >= 15 is 0 Å². The van der Waals surface area contributed by atoms with Gasteiger partial charge in [0.1, 0.15) is 5.69 Å². The van der Waals surface area contributed by atoms with Gasteiger partial charge in [0.2, 0.25) is 10.0 Å². The van der Waals surface area contributed by atoms with Crippen molar-refractivity contribution in [2.45, 2.75) is 6.54 Å². The molecule has 7 nitrogen and oxygen atoms in total. The van der Waals surface area contributed by atoms with Crippen molar-refractivity contribution in [2.75, 3.05) is 19.8 Å². The van der Waals surface area contributed by atoms with Gasteiger partial charge in [-0.2, -0.15) is 5.10 Å². The van der Waals surface area contributed by atoms with Crippen LogP contribution in [0.2, 0.25) is 0 Å². The zero-order valence-corrected chi connectivity index (χ0v) is 13.2. The normalized spacial score (nSPS) is 12.3. The molecule has 0 bridgehead atoms. The zero-order chi connectivity index (χ0) is 15.7. The van der Waals surface area contributed by atoms with Gasteiger partial charge < -0.3 is 4.57 Å². The van der Waals surface area contributed by atoms with Gasteiger partial charge in [-0.1, -0.05) is 6.07 Å². The molecule has 0 atom stereocenters. The molecular weight excluding hydrogens is 302 g/mol. The molecule has 0 radical (unpaired) electrons. The van der Waals surface area contributed by atoms with Gasteiger partial charge in [-0.25, -0.2) is 22.2 Å². The fraction of sp³-hybridized carbons (Fsp3) is 0.286. The fourth-order valence-electron chi connectivity index (χ4n) is 2.26. The van der Waals surface area contributed by atoms with Gasteiger partial charge >= 0.3 is 0 Å². The Hall–Kier alpha value is -2.19. The van der Waals surface area contributed by atoms with Crippen molar-refractivity contribution >= 4 is 15.5 Å². The van der Waals surface area contributed by atoms with Crippen molar-refractivity contribution in [3.05, 3.63) is 42.9 Å². The smallest absolute Gasteiger partial charge is 0.211 e. The minimum atomic E-state index is -3.18. The molecule has 0 aliphatic heterocycles. The maximum absolute atomic E-state index is 11.5. The average molecular weight is 319 g/mol. The van der Waals surface area contributed by atoms with Crippen molar-refractivity contribution in [3.8, 4) is 11.5 Å². The van der Waals surface area contributed by atoms with E-state index in [-0.39, 0.29) is 0 Å². The molecule has 0 saturated carbocycles. The highest BCUT2D eigenvalue weighted by Crippen LogP contribution is 2.18. The SMILES string of the molecule is CN(CCn1ccnc1-c1cccc2ccnn12)S(C)(=O)=O. The third kappa shape index (κ3) is 2.75. The number of sulfonamides is 1. The van der Waals surface area contributed by atoms with E-state index in [1.807, 2.05) is 39.5 Å². The lowest BCUT2D eigenvalue weighted by Crippen LogP contribution is -2.29. The predicted octanol–water partition coefficient (Wildman–Crippen LogP) is 1.09. The van der Waals surface area contributed by atoms with E-state index in [2.05, 4.69) is 10.1 Å². The van der Waals surface area contributed by atoms with E-state index < -0.39 is 10.0 Å². The summed E-state index contributed by atoms with van der Waals surface area (Å²) < 4.78 is 28.0. The molecule has 116 valence electrons. The molecule has 3 aromatic rings. The Morgan fingerprint density at radius 1 is 1.23 bits per heavy atom. The van der Waals surface area contributed by atoms with E-state index in [1.54, 1.807) is 19.4 Å². The summed E-state index contributed by atoms with van der Waals surface area (Å²) in [6.07, 6.45) is 6.49. The van der Waals surface area contributed by atoms with Gasteiger partial charge in [0.15, 0.2) is 5.82 Å². The average Bonchev–Trinajstić information content (AvgIpc) is 3.11. The van der Waals surface area contributed by atoms with E-state index in [0.29, 0.717) is 13.1 Å². The van der Waals surface area contributed by atoms with E-state index in [1.165, 1.54) is 10.6 Å². The number of fused-ring (bicyclic) bond motifs is 1. The van der Waals surface area contributed by atoms with Crippen molar-refractivity contribution in [2.24, 2.45) is 0 Å². The van der Waals surface area contributed by atoms with Gasteiger partial charge in [-0.3, -0.25) is 0 Å². The minimum absolute atomic E-state index is 0.386. The molecule has 0 saturated heterocycles. The van der Waals surface area contributed by atoms with Crippen LogP contribution in [0.4, 0.5) is 0 Å². The summed E-state index contributed by atoms with van der Waals surface area (Å²) in [5.74, 6) is 0.760. The third-order valence-corrected chi connectivity index (χ3v) is 4.90. The lowest BCUT2D eigenvalue weighted by atomic mass is 10.3. The van der Waals surface area contributed by atoms with Crippen LogP contribution in [-0.4, -0.2) is 51.7 Å². The summed E-state index contributed by atoms with van der Waals surface area (Å²) in [5.41, 5.74) is 1.86. The number of pyridine rings is 1. The van der Waals surface area contributed by atoms with Crippen LogP contribution >= 0.6 is 0 Å². The monoisotopic (exact) mass is 319 g/mol. The highest BCUT2D eigenvalue weighted by molar-refractivity contribution is 7.88. The van der Waals surface area contributed by atoms with Crippen molar-refractivity contribution < 1.29 is 8.42 Å². The number of imidazole rings is 1. The molecule has 0 N–H and O–H groups in total. The summed E-state index contributed by atoms with van der Waals surface area (Å²) in [5, 5.41) is 4.31. The number of aromatic nitrogens is 4. The Morgan fingerprint density at radius 3 is 2.82 bits per heavy atom. The molecule has 3 heterocycles. The first kappa shape index (κ1) is 14.7. The molecule has 22 heavy (non-hydrogen) atoms. The lowest BCUT2D eigenvalue weighted by molar-refractivity contribution is 0.450. The number of likely N-dealkylation sites (N-methyl/N-ethyl adjacent to an activating group) is 1. The first-order valence-corrected chi connectivity index (χ1v) is 8.67. The van der Waals surface area contributed by atoms with Crippen LogP contribution in [0.3, 0.4) is 0 Å². The van der Waals surface area contributed by atoms with Gasteiger partial charge in [-0.05, 0) is 18.2 Å². The Morgan fingerprint density at radius 2 is 2.05 bits per heavy atom. The summed E-state index contributed by atoms with van der Waals surface area (Å²) in [6.45, 7) is 0.911. The summed E-state index contributed by atoms with van der Waals surface area (Å²) in [7, 11) is -1.61. The van der Waals surface area contributed by atoms with Gasteiger partial charge in [-0.15, -0.1) is 0 Å². The molecule has 8 heteroatoms. The van der Waals surface area contributed by atoms with Crippen LogP contribution in [-0.2, 0) is 16.6 Å². The maximum atomic E-state index is 11.5. The van der Waals surface area contributed by atoms with E-state index in [4.69, 9.17) is 0 Å². The quantitative estimate of drug-likeness (QED) is 0.706. The Balaban J connectivity index is 1.91. The standard InChI is InChI=1S/C14H17N5O2S/c1-17(22(2,20)21)10-11-18-9-8-15-14(18)13-5-3-4-12-6-7-16-19(12)13/h3-9H,10-11H2,1-2H3. The highest BCUT2D eigenvalue weighted by atomic mass is 32.2. The Bertz CT molecular complexity index is 897. The van der Waals surface area contributed by atoms with Crippen LogP contribution in [0.15, 0.2) is 42.9 Å². The Labute approximate surface area is 128 Å². The molecule has 3 rings (SSSR count). The summed E-state index contributed by atoms with van der Waals surface area (Å²) >= 11 is 0. The highest BCUT2D eigenvalue weighted by Gasteiger charge is 2.14. The van der Waals surface area contributed by atoms with E-state index in [9.17, 15) is 8.42 Å². The molecule has 0 spiro atoms. The van der Waals surface area contributed by atoms with Crippen LogP contribution < -0.4 is 0 Å². The number of rotatable bonds is 5. The second-order valence-corrected chi connectivity index (χ2v) is 7.20. The molecule has 0 fully saturated rings. The number of hydrogen-bond acceptors (Lipinski definition) is 4. The molecule has 0 unspecified atom stereocenters. The van der Waals surface area contributed by atoms with E-state index in [0.717, 1.165) is 17.0 Å². The second kappa shape index (κ2) is 5.54. The van der Waals surface area contributed by atoms with Crippen LogP contribution in [0, 0.1) is 0 Å². The largest absolute Gasteiger partial charge is 0.328 e.